The topological polar surface area (TPSA) is 57.8 Å². The van der Waals surface area contributed by atoms with Crippen LogP contribution < -0.4 is 0 Å². The van der Waals surface area contributed by atoms with E-state index in [0.29, 0.717) is 12.5 Å². The Morgan fingerprint density at radius 2 is 2.04 bits per heavy atom. The summed E-state index contributed by atoms with van der Waals surface area (Å²) in [7, 11) is 0. The van der Waals surface area contributed by atoms with Crippen LogP contribution in [-0.4, -0.2) is 38.7 Å². The second kappa shape index (κ2) is 7.33. The van der Waals surface area contributed by atoms with Crippen LogP contribution in [0.1, 0.15) is 32.1 Å². The SMILES string of the molecule is CC(C)(C)C1CC(C(=O)O)CN(Cc2ccc(-c3cccc4ccnn34)s2)C1. The van der Waals surface area contributed by atoms with E-state index >= 15 is 0 Å². The van der Waals surface area contributed by atoms with Crippen molar-refractivity contribution >= 4 is 22.8 Å². The summed E-state index contributed by atoms with van der Waals surface area (Å²) in [5, 5.41) is 14.0. The van der Waals surface area contributed by atoms with Crippen LogP contribution in [0, 0.1) is 17.3 Å². The summed E-state index contributed by atoms with van der Waals surface area (Å²) in [6.45, 7) is 9.03. The summed E-state index contributed by atoms with van der Waals surface area (Å²) in [5.74, 6) is -0.564. The summed E-state index contributed by atoms with van der Waals surface area (Å²) in [6, 6.07) is 12.5. The van der Waals surface area contributed by atoms with Crippen molar-refractivity contribution in [1.82, 2.24) is 14.5 Å². The maximum atomic E-state index is 11.7. The molecule has 0 aromatic carbocycles. The Labute approximate surface area is 169 Å². The zero-order valence-electron chi connectivity index (χ0n) is 16.6. The summed E-state index contributed by atoms with van der Waals surface area (Å²) in [6.07, 6.45) is 2.59. The molecule has 1 saturated heterocycles. The molecule has 4 heterocycles. The highest BCUT2D eigenvalue weighted by Gasteiger charge is 2.37. The lowest BCUT2D eigenvalue weighted by Gasteiger charge is -2.42. The lowest BCUT2D eigenvalue weighted by molar-refractivity contribution is -0.145. The molecule has 0 spiro atoms. The van der Waals surface area contributed by atoms with Gasteiger partial charge in [-0.1, -0.05) is 26.8 Å². The normalized spacial score (nSPS) is 21.2. The molecule has 6 heteroatoms. The number of carboxylic acids is 1. The minimum atomic E-state index is -0.670. The molecular formula is C22H27N3O2S. The fourth-order valence-electron chi connectivity index (χ4n) is 4.08. The summed E-state index contributed by atoms with van der Waals surface area (Å²) in [4.78, 5) is 16.4. The quantitative estimate of drug-likeness (QED) is 0.697. The average Bonchev–Trinajstić information content (AvgIpc) is 3.29. The first-order valence-corrected chi connectivity index (χ1v) is 10.6. The number of carbonyl (C=O) groups is 1. The van der Waals surface area contributed by atoms with Gasteiger partial charge in [-0.2, -0.15) is 5.10 Å². The minimum Gasteiger partial charge on any atom is -0.481 e. The number of rotatable bonds is 4. The lowest BCUT2D eigenvalue weighted by atomic mass is 9.73. The van der Waals surface area contributed by atoms with E-state index in [1.807, 2.05) is 16.8 Å². The molecule has 1 aliphatic rings. The predicted molar refractivity (Wildman–Crippen MR) is 112 cm³/mol. The molecule has 3 aromatic heterocycles. The first-order valence-electron chi connectivity index (χ1n) is 9.78. The highest BCUT2D eigenvalue weighted by Crippen LogP contribution is 2.37. The first kappa shape index (κ1) is 19.2. The Morgan fingerprint density at radius 1 is 1.21 bits per heavy atom. The van der Waals surface area contributed by atoms with Gasteiger partial charge < -0.3 is 5.11 Å². The van der Waals surface area contributed by atoms with Crippen molar-refractivity contribution < 1.29 is 9.90 Å². The molecule has 2 atom stereocenters. The largest absolute Gasteiger partial charge is 0.481 e. The third-order valence-electron chi connectivity index (χ3n) is 5.82. The molecule has 0 bridgehead atoms. The third-order valence-corrected chi connectivity index (χ3v) is 6.91. The van der Waals surface area contributed by atoms with Crippen LogP contribution in [0.3, 0.4) is 0 Å². The van der Waals surface area contributed by atoms with Gasteiger partial charge in [-0.3, -0.25) is 9.69 Å². The van der Waals surface area contributed by atoms with E-state index in [1.165, 1.54) is 9.75 Å². The van der Waals surface area contributed by atoms with Gasteiger partial charge in [0.15, 0.2) is 0 Å². The van der Waals surface area contributed by atoms with Gasteiger partial charge in [0.2, 0.25) is 0 Å². The van der Waals surface area contributed by atoms with Gasteiger partial charge in [-0.25, -0.2) is 4.52 Å². The molecule has 2 unspecified atom stereocenters. The zero-order chi connectivity index (χ0) is 19.9. The molecule has 1 fully saturated rings. The van der Waals surface area contributed by atoms with E-state index in [1.54, 1.807) is 11.3 Å². The summed E-state index contributed by atoms with van der Waals surface area (Å²) < 4.78 is 1.96. The van der Waals surface area contributed by atoms with E-state index in [-0.39, 0.29) is 11.3 Å². The molecule has 148 valence electrons. The third kappa shape index (κ3) is 3.84. The number of hydrogen-bond donors (Lipinski definition) is 1. The van der Waals surface area contributed by atoms with E-state index in [4.69, 9.17) is 0 Å². The zero-order valence-corrected chi connectivity index (χ0v) is 17.4. The number of aromatic nitrogens is 2. The molecule has 0 saturated carbocycles. The van der Waals surface area contributed by atoms with Crippen molar-refractivity contribution in [3.8, 4) is 10.6 Å². The van der Waals surface area contributed by atoms with Crippen LogP contribution in [0.2, 0.25) is 0 Å². The van der Waals surface area contributed by atoms with Crippen LogP contribution in [0.5, 0.6) is 0 Å². The average molecular weight is 398 g/mol. The van der Waals surface area contributed by atoms with E-state index in [0.717, 1.165) is 30.7 Å². The predicted octanol–water partition coefficient (Wildman–Crippen LogP) is 4.63. The van der Waals surface area contributed by atoms with Crippen LogP contribution in [0.4, 0.5) is 0 Å². The fraction of sp³-hybridized carbons (Fsp3) is 0.455. The molecule has 0 radical (unpaired) electrons. The maximum absolute atomic E-state index is 11.7. The maximum Gasteiger partial charge on any atom is 0.307 e. The molecule has 0 amide bonds. The Bertz CT molecular complexity index is 985. The number of hydrogen-bond acceptors (Lipinski definition) is 4. The highest BCUT2D eigenvalue weighted by molar-refractivity contribution is 7.15. The van der Waals surface area contributed by atoms with Crippen LogP contribution in [0.15, 0.2) is 42.6 Å². The fourth-order valence-corrected chi connectivity index (χ4v) is 5.14. The van der Waals surface area contributed by atoms with Gasteiger partial charge in [0, 0.05) is 24.5 Å². The van der Waals surface area contributed by atoms with Gasteiger partial charge >= 0.3 is 5.97 Å². The second-order valence-electron chi connectivity index (χ2n) is 8.87. The Morgan fingerprint density at radius 3 is 2.79 bits per heavy atom. The molecule has 4 rings (SSSR count). The van der Waals surface area contributed by atoms with E-state index in [2.05, 4.69) is 61.1 Å². The van der Waals surface area contributed by atoms with Crippen molar-refractivity contribution in [3.63, 3.8) is 0 Å². The number of thiophene rings is 1. The van der Waals surface area contributed by atoms with Gasteiger partial charge in [-0.15, -0.1) is 11.3 Å². The Kier molecular flexibility index (Phi) is 5.02. The smallest absolute Gasteiger partial charge is 0.307 e. The number of carboxylic acid groups (broad SMARTS) is 1. The van der Waals surface area contributed by atoms with Gasteiger partial charge in [0.25, 0.3) is 0 Å². The van der Waals surface area contributed by atoms with Crippen LogP contribution >= 0.6 is 11.3 Å². The van der Waals surface area contributed by atoms with Crippen molar-refractivity contribution in [2.24, 2.45) is 17.3 Å². The molecular weight excluding hydrogens is 370 g/mol. The number of fused-ring (bicyclic) bond motifs is 1. The number of pyridine rings is 1. The number of aliphatic carboxylic acids is 1. The van der Waals surface area contributed by atoms with Crippen molar-refractivity contribution in [2.45, 2.75) is 33.7 Å². The monoisotopic (exact) mass is 397 g/mol. The van der Waals surface area contributed by atoms with E-state index < -0.39 is 5.97 Å². The first-order chi connectivity index (χ1) is 13.3. The standard InChI is InChI=1S/C22H27N3O2S/c1-22(2,3)16-11-15(21(26)27)12-24(13-16)14-18-7-8-20(28-18)19-6-4-5-17-9-10-23-25(17)19/h4-10,15-16H,11-14H2,1-3H3,(H,26,27). The van der Waals surface area contributed by atoms with Crippen LogP contribution in [-0.2, 0) is 11.3 Å². The summed E-state index contributed by atoms with van der Waals surface area (Å²) >= 11 is 1.77. The second-order valence-corrected chi connectivity index (χ2v) is 10.0. The number of nitrogens with zero attached hydrogens (tertiary/aromatic N) is 3. The van der Waals surface area contributed by atoms with E-state index in [9.17, 15) is 9.90 Å². The number of piperidine rings is 1. The van der Waals surface area contributed by atoms with Crippen molar-refractivity contribution in [1.29, 1.82) is 0 Å². The minimum absolute atomic E-state index is 0.114. The molecule has 28 heavy (non-hydrogen) atoms. The molecule has 1 aliphatic heterocycles. The lowest BCUT2D eigenvalue weighted by Crippen LogP contribution is -2.46. The Hall–Kier alpha value is -2.18. The van der Waals surface area contributed by atoms with Crippen LogP contribution in [0.25, 0.3) is 16.1 Å². The Balaban J connectivity index is 1.54. The molecule has 0 aliphatic carbocycles. The molecule has 5 nitrogen and oxygen atoms in total. The highest BCUT2D eigenvalue weighted by atomic mass is 32.1. The number of likely N-dealkylation sites (tertiary alicyclic amines) is 1. The molecule has 1 N–H and O–H groups in total. The van der Waals surface area contributed by atoms with Crippen molar-refractivity contribution in [2.75, 3.05) is 13.1 Å². The van der Waals surface area contributed by atoms with Gasteiger partial charge in [0.1, 0.15) is 0 Å². The van der Waals surface area contributed by atoms with Crippen molar-refractivity contribution in [3.05, 3.63) is 47.5 Å². The molecule has 3 aromatic rings. The van der Waals surface area contributed by atoms with Gasteiger partial charge in [0.05, 0.1) is 28.2 Å². The summed E-state index contributed by atoms with van der Waals surface area (Å²) in [5.41, 5.74) is 2.29. The van der Waals surface area contributed by atoms with Gasteiger partial charge in [-0.05, 0) is 48.1 Å².